The molecule has 1 fully saturated rings. The number of aliphatic carboxylic acids is 1. The number of carbonyl (C=O) groups excluding carboxylic acids is 1. The van der Waals surface area contributed by atoms with Gasteiger partial charge >= 0.3 is 5.97 Å². The Morgan fingerprint density at radius 3 is 2.05 bits per heavy atom. The number of carbonyl (C=O) groups is 2. The highest BCUT2D eigenvalue weighted by Gasteiger charge is 2.39. The molecule has 110 valence electrons. The third-order valence-electron chi connectivity index (χ3n) is 4.07. The van der Waals surface area contributed by atoms with Gasteiger partial charge in [-0.1, -0.05) is 13.8 Å². The second-order valence-electron chi connectivity index (χ2n) is 5.53. The smallest absolute Gasteiger partial charge is 0.310 e. The molecule has 0 spiro atoms. The Labute approximate surface area is 114 Å². The largest absolute Gasteiger partial charge is 0.481 e. The number of hydrogen-bond donors (Lipinski definition) is 1. The Bertz CT molecular complexity index is 328. The lowest BCUT2D eigenvalue weighted by Crippen LogP contribution is -2.50. The van der Waals surface area contributed by atoms with Crippen LogP contribution < -0.4 is 0 Å². The summed E-state index contributed by atoms with van der Waals surface area (Å²) in [4.78, 5) is 25.5. The van der Waals surface area contributed by atoms with Gasteiger partial charge in [0.15, 0.2) is 0 Å². The lowest BCUT2D eigenvalue weighted by atomic mass is 9.79. The van der Waals surface area contributed by atoms with Crippen LogP contribution in [-0.2, 0) is 14.3 Å². The van der Waals surface area contributed by atoms with E-state index in [2.05, 4.69) is 0 Å². The Hall–Kier alpha value is -1.10. The molecule has 2 unspecified atom stereocenters. The lowest BCUT2D eigenvalue weighted by Gasteiger charge is -2.37. The zero-order valence-electron chi connectivity index (χ0n) is 12.3. The van der Waals surface area contributed by atoms with Gasteiger partial charge in [-0.05, 0) is 26.7 Å². The normalized spacial score (nSPS) is 24.3. The van der Waals surface area contributed by atoms with Gasteiger partial charge in [-0.25, -0.2) is 0 Å². The summed E-state index contributed by atoms with van der Waals surface area (Å²) in [6, 6.07) is 0. The molecule has 0 saturated carbocycles. The summed E-state index contributed by atoms with van der Waals surface area (Å²) in [6.07, 6.45) is 1.04. The number of ether oxygens (including phenoxy) is 1. The van der Waals surface area contributed by atoms with Gasteiger partial charge in [0.25, 0.3) is 0 Å². The molecule has 1 aliphatic heterocycles. The van der Waals surface area contributed by atoms with E-state index in [1.54, 1.807) is 4.90 Å². The minimum atomic E-state index is -0.929. The number of rotatable bonds is 5. The molecule has 5 nitrogen and oxygen atoms in total. The number of nitrogens with zero attached hydrogens (tertiary/aromatic N) is 1. The maximum atomic E-state index is 12.3. The molecule has 0 radical (unpaired) electrons. The predicted octanol–water partition coefficient (Wildman–Crippen LogP) is 1.90. The van der Waals surface area contributed by atoms with Crippen LogP contribution in [0.2, 0.25) is 0 Å². The topological polar surface area (TPSA) is 66.8 Å². The molecular weight excluding hydrogens is 246 g/mol. The molecular formula is C14H25NO4. The first kappa shape index (κ1) is 16.0. The maximum absolute atomic E-state index is 12.3. The van der Waals surface area contributed by atoms with E-state index in [9.17, 15) is 14.7 Å². The number of carboxylic acids is 1. The highest BCUT2D eigenvalue weighted by atomic mass is 16.5. The summed E-state index contributed by atoms with van der Waals surface area (Å²) >= 11 is 0. The molecule has 0 aromatic rings. The van der Waals surface area contributed by atoms with E-state index in [4.69, 9.17) is 4.74 Å². The van der Waals surface area contributed by atoms with Crippen molar-refractivity contribution < 1.29 is 19.4 Å². The lowest BCUT2D eigenvalue weighted by molar-refractivity contribution is -0.157. The minimum absolute atomic E-state index is 0.00943. The Kier molecular flexibility index (Phi) is 5.35. The van der Waals surface area contributed by atoms with Crippen molar-refractivity contribution in [1.82, 2.24) is 4.90 Å². The van der Waals surface area contributed by atoms with E-state index in [-0.39, 0.29) is 24.5 Å². The van der Waals surface area contributed by atoms with Crippen molar-refractivity contribution >= 4 is 11.9 Å². The van der Waals surface area contributed by atoms with Crippen molar-refractivity contribution in [2.75, 3.05) is 13.1 Å². The van der Waals surface area contributed by atoms with Crippen LogP contribution in [0.15, 0.2) is 0 Å². The van der Waals surface area contributed by atoms with Crippen molar-refractivity contribution in [2.45, 2.75) is 59.2 Å². The second kappa shape index (κ2) is 6.37. The fourth-order valence-electron chi connectivity index (χ4n) is 2.66. The third-order valence-corrected chi connectivity index (χ3v) is 4.07. The van der Waals surface area contributed by atoms with Crippen molar-refractivity contribution in [3.05, 3.63) is 0 Å². The average molecular weight is 271 g/mol. The molecule has 1 rings (SSSR count). The molecule has 0 aromatic heterocycles. The molecule has 1 aliphatic rings. The summed E-state index contributed by atoms with van der Waals surface area (Å²) in [7, 11) is 0. The van der Waals surface area contributed by atoms with Crippen LogP contribution in [0, 0.1) is 5.41 Å². The molecule has 2 atom stereocenters. The van der Waals surface area contributed by atoms with E-state index in [0.29, 0.717) is 25.9 Å². The van der Waals surface area contributed by atoms with Crippen LogP contribution in [0.25, 0.3) is 0 Å². The summed E-state index contributed by atoms with van der Waals surface area (Å²) in [6.45, 7) is 8.61. The summed E-state index contributed by atoms with van der Waals surface area (Å²) in [5.41, 5.74) is -0.929. The molecule has 0 bridgehead atoms. The van der Waals surface area contributed by atoms with E-state index in [0.717, 1.165) is 0 Å². The second-order valence-corrected chi connectivity index (χ2v) is 5.53. The zero-order valence-corrected chi connectivity index (χ0v) is 12.3. The van der Waals surface area contributed by atoms with Crippen molar-refractivity contribution in [3.63, 3.8) is 0 Å². The van der Waals surface area contributed by atoms with Gasteiger partial charge in [-0.2, -0.15) is 0 Å². The average Bonchev–Trinajstić information content (AvgIpc) is 2.34. The van der Waals surface area contributed by atoms with Gasteiger partial charge in [-0.15, -0.1) is 0 Å². The van der Waals surface area contributed by atoms with Crippen LogP contribution in [0.3, 0.4) is 0 Å². The van der Waals surface area contributed by atoms with Crippen LogP contribution >= 0.6 is 0 Å². The molecule has 1 saturated heterocycles. The molecule has 1 heterocycles. The molecule has 0 aliphatic carbocycles. The number of morpholine rings is 1. The Balaban J connectivity index is 2.74. The maximum Gasteiger partial charge on any atom is 0.310 e. The first-order chi connectivity index (χ1) is 8.84. The number of amides is 1. The fourth-order valence-corrected chi connectivity index (χ4v) is 2.66. The predicted molar refractivity (Wildman–Crippen MR) is 71.9 cm³/mol. The summed E-state index contributed by atoms with van der Waals surface area (Å²) in [5, 5.41) is 9.38. The van der Waals surface area contributed by atoms with E-state index in [1.165, 1.54) is 0 Å². The zero-order chi connectivity index (χ0) is 14.6. The molecule has 1 N–H and O–H groups in total. The van der Waals surface area contributed by atoms with Gasteiger partial charge in [0.05, 0.1) is 17.6 Å². The van der Waals surface area contributed by atoms with Gasteiger partial charge < -0.3 is 14.7 Å². The van der Waals surface area contributed by atoms with Gasteiger partial charge in [0.1, 0.15) is 0 Å². The van der Waals surface area contributed by atoms with Gasteiger partial charge in [0.2, 0.25) is 5.91 Å². The van der Waals surface area contributed by atoms with Gasteiger partial charge in [0, 0.05) is 19.5 Å². The third kappa shape index (κ3) is 3.69. The molecule has 0 aromatic carbocycles. The quantitative estimate of drug-likeness (QED) is 0.829. The summed E-state index contributed by atoms with van der Waals surface area (Å²) in [5.74, 6) is -0.951. The highest BCUT2D eigenvalue weighted by Crippen LogP contribution is 2.32. The first-order valence-electron chi connectivity index (χ1n) is 7.01. The molecule has 5 heteroatoms. The Morgan fingerprint density at radius 1 is 1.21 bits per heavy atom. The molecule has 1 amide bonds. The first-order valence-corrected chi connectivity index (χ1v) is 7.01. The Morgan fingerprint density at radius 2 is 1.68 bits per heavy atom. The van der Waals surface area contributed by atoms with Crippen LogP contribution in [0.1, 0.15) is 47.0 Å². The monoisotopic (exact) mass is 271 g/mol. The van der Waals surface area contributed by atoms with Crippen LogP contribution in [0.5, 0.6) is 0 Å². The SMILES string of the molecule is CCC(CC)(CC(=O)N1CC(C)OC(C)C1)C(=O)O. The summed E-state index contributed by atoms with van der Waals surface area (Å²) < 4.78 is 5.59. The highest BCUT2D eigenvalue weighted by molar-refractivity contribution is 5.85. The van der Waals surface area contributed by atoms with Crippen molar-refractivity contribution in [1.29, 1.82) is 0 Å². The number of hydrogen-bond acceptors (Lipinski definition) is 3. The van der Waals surface area contributed by atoms with Crippen LogP contribution in [0.4, 0.5) is 0 Å². The van der Waals surface area contributed by atoms with Crippen molar-refractivity contribution in [2.24, 2.45) is 5.41 Å². The van der Waals surface area contributed by atoms with Gasteiger partial charge in [-0.3, -0.25) is 9.59 Å². The van der Waals surface area contributed by atoms with Crippen molar-refractivity contribution in [3.8, 4) is 0 Å². The van der Waals surface area contributed by atoms with E-state index >= 15 is 0 Å². The number of carboxylic acid groups (broad SMARTS) is 1. The molecule has 19 heavy (non-hydrogen) atoms. The minimum Gasteiger partial charge on any atom is -0.481 e. The van der Waals surface area contributed by atoms with E-state index < -0.39 is 11.4 Å². The standard InChI is InChI=1S/C14H25NO4/c1-5-14(6-2,13(17)18)7-12(16)15-8-10(3)19-11(4)9-15/h10-11H,5-9H2,1-4H3,(H,17,18). The fraction of sp³-hybridized carbons (Fsp3) is 0.857. The van der Waals surface area contributed by atoms with E-state index in [1.807, 2.05) is 27.7 Å². The van der Waals surface area contributed by atoms with Crippen LogP contribution in [-0.4, -0.2) is 47.2 Å².